The van der Waals surface area contributed by atoms with Crippen LogP contribution in [0.25, 0.3) is 0 Å². The largest absolute Gasteiger partial charge is 0.322 e. The molecule has 0 spiro atoms. The number of carbonyl (C=O) groups is 3. The second-order valence-electron chi connectivity index (χ2n) is 9.20. The van der Waals surface area contributed by atoms with Crippen LogP contribution in [0.1, 0.15) is 22.3 Å². The maximum atomic E-state index is 13.3. The molecular weight excluding hydrogens is 492 g/mol. The lowest BCUT2D eigenvalue weighted by molar-refractivity contribution is -0.124. The summed E-state index contributed by atoms with van der Waals surface area (Å²) in [5.74, 6) is 0.365. The van der Waals surface area contributed by atoms with Crippen molar-refractivity contribution >= 4 is 56.6 Å². The van der Waals surface area contributed by atoms with Gasteiger partial charge in [-0.2, -0.15) is 0 Å². The first-order chi connectivity index (χ1) is 15.4. The van der Waals surface area contributed by atoms with Crippen molar-refractivity contribution < 1.29 is 14.4 Å². The molecule has 2 bridgehead atoms. The van der Waals surface area contributed by atoms with Crippen molar-refractivity contribution in [3.05, 3.63) is 69.2 Å². The fourth-order valence-corrected chi connectivity index (χ4v) is 6.57. The van der Waals surface area contributed by atoms with Crippen LogP contribution in [0.5, 0.6) is 0 Å². The van der Waals surface area contributed by atoms with Crippen LogP contribution in [0.4, 0.5) is 11.4 Å². The molecule has 1 aliphatic heterocycles. The van der Waals surface area contributed by atoms with Crippen LogP contribution in [0.3, 0.4) is 0 Å². The van der Waals surface area contributed by atoms with Gasteiger partial charge in [0.05, 0.1) is 22.5 Å². The lowest BCUT2D eigenvalue weighted by atomic mass is 9.63. The fraction of sp³-hybridized carbons (Fsp3) is 0.320. The smallest absolute Gasteiger partial charge is 0.255 e. The molecule has 3 amide bonds. The van der Waals surface area contributed by atoms with E-state index in [0.29, 0.717) is 33.8 Å². The monoisotopic (exact) mass is 510 g/mol. The van der Waals surface area contributed by atoms with Crippen LogP contribution >= 0.6 is 27.5 Å². The normalized spacial score (nSPS) is 31.5. The highest BCUT2D eigenvalue weighted by molar-refractivity contribution is 9.10. The van der Waals surface area contributed by atoms with Gasteiger partial charge in [-0.25, -0.2) is 4.90 Å². The van der Waals surface area contributed by atoms with Gasteiger partial charge in [-0.3, -0.25) is 14.4 Å². The summed E-state index contributed by atoms with van der Waals surface area (Å²) in [5.41, 5.74) is 2.19. The number of carbonyl (C=O) groups excluding carboxylic acids is 3. The van der Waals surface area contributed by atoms with Gasteiger partial charge in [-0.15, -0.1) is 0 Å². The molecule has 5 nitrogen and oxygen atoms in total. The number of rotatable bonds is 3. The Kier molecular flexibility index (Phi) is 4.43. The Morgan fingerprint density at radius 3 is 2.38 bits per heavy atom. The minimum Gasteiger partial charge on any atom is -0.322 e. The van der Waals surface area contributed by atoms with Crippen LogP contribution in [-0.4, -0.2) is 17.7 Å². The van der Waals surface area contributed by atoms with E-state index in [2.05, 4.69) is 33.4 Å². The molecule has 2 saturated carbocycles. The molecule has 4 aliphatic carbocycles. The van der Waals surface area contributed by atoms with Gasteiger partial charge in [0, 0.05) is 15.7 Å². The number of nitrogens with zero attached hydrogens (tertiary/aromatic N) is 1. The minimum absolute atomic E-state index is 0.127. The van der Waals surface area contributed by atoms with Crippen molar-refractivity contribution in [2.24, 2.45) is 35.5 Å². The molecule has 1 saturated heterocycles. The Hall–Kier alpha value is -2.44. The van der Waals surface area contributed by atoms with E-state index in [-0.39, 0.29) is 41.4 Å². The highest BCUT2D eigenvalue weighted by Crippen LogP contribution is 2.65. The standard InChI is InChI=1S/C25H20BrClN2O3/c1-11-19(8-7-18(26)22(11)27)28-23(30)12-3-2-4-13(9-12)29-24(31)20-14-5-6-15(17-10-16(14)17)21(20)25(29)32/h2-9,14-17,20-21H,10H2,1H3,(H,28,30)/t14-,15-,16-,17-,20+,21+/m0/s1. The average Bonchev–Trinajstić information content (AvgIpc) is 3.57. The molecule has 6 atom stereocenters. The summed E-state index contributed by atoms with van der Waals surface area (Å²) in [6.45, 7) is 1.83. The number of allylic oxidation sites excluding steroid dienone is 2. The van der Waals surface area contributed by atoms with Gasteiger partial charge < -0.3 is 5.32 Å². The van der Waals surface area contributed by atoms with Crippen LogP contribution in [0.15, 0.2) is 53.0 Å². The molecule has 7 heteroatoms. The molecule has 1 N–H and O–H groups in total. The molecule has 0 radical (unpaired) electrons. The number of nitrogens with one attached hydrogen (secondary N) is 1. The fourth-order valence-electron chi connectivity index (χ4n) is 5.98. The van der Waals surface area contributed by atoms with E-state index in [1.54, 1.807) is 36.4 Å². The van der Waals surface area contributed by atoms with Gasteiger partial charge >= 0.3 is 0 Å². The van der Waals surface area contributed by atoms with Crippen molar-refractivity contribution in [1.82, 2.24) is 0 Å². The van der Waals surface area contributed by atoms with Crippen molar-refractivity contribution in [3.8, 4) is 0 Å². The summed E-state index contributed by atoms with van der Waals surface area (Å²) in [7, 11) is 0. The molecule has 1 heterocycles. The first-order valence-corrected chi connectivity index (χ1v) is 12.0. The Labute approximate surface area is 198 Å². The summed E-state index contributed by atoms with van der Waals surface area (Å²) < 4.78 is 0.755. The summed E-state index contributed by atoms with van der Waals surface area (Å²) in [5, 5.41) is 3.41. The number of hydrogen-bond acceptors (Lipinski definition) is 3. The second kappa shape index (κ2) is 7.03. The van der Waals surface area contributed by atoms with Crippen molar-refractivity contribution in [3.63, 3.8) is 0 Å². The van der Waals surface area contributed by atoms with Gasteiger partial charge in [0.15, 0.2) is 0 Å². The van der Waals surface area contributed by atoms with Crippen molar-refractivity contribution in [2.75, 3.05) is 10.2 Å². The van der Waals surface area contributed by atoms with Crippen LogP contribution in [0, 0.1) is 42.4 Å². The molecule has 0 aromatic heterocycles. The number of imide groups is 1. The van der Waals surface area contributed by atoms with Gasteiger partial charge in [-0.1, -0.05) is 29.8 Å². The number of halogens is 2. The van der Waals surface area contributed by atoms with E-state index in [0.717, 1.165) is 16.5 Å². The third kappa shape index (κ3) is 2.78. The van der Waals surface area contributed by atoms with Crippen molar-refractivity contribution in [1.29, 1.82) is 0 Å². The Morgan fingerprint density at radius 1 is 1.06 bits per heavy atom. The zero-order chi connectivity index (χ0) is 22.3. The molecular formula is C25H20BrClN2O3. The van der Waals surface area contributed by atoms with E-state index < -0.39 is 0 Å². The lowest BCUT2D eigenvalue weighted by Crippen LogP contribution is -2.40. The van der Waals surface area contributed by atoms with Crippen LogP contribution < -0.4 is 10.2 Å². The summed E-state index contributed by atoms with van der Waals surface area (Å²) in [4.78, 5) is 40.9. The first-order valence-electron chi connectivity index (χ1n) is 10.8. The molecule has 162 valence electrons. The summed E-state index contributed by atoms with van der Waals surface area (Å²) in [6.07, 6.45) is 5.44. The Balaban J connectivity index is 1.28. The lowest BCUT2D eigenvalue weighted by Gasteiger charge is -2.37. The number of anilines is 2. The zero-order valence-corrected chi connectivity index (χ0v) is 19.6. The SMILES string of the molecule is Cc1c(NC(=O)c2cccc(N3C(=O)[C@@H]4[C@H]5C=C[C@@H]([C@@H]6C[C@@H]56)[C@H]4C3=O)c2)ccc(Br)c1Cl. The maximum Gasteiger partial charge on any atom is 0.255 e. The quantitative estimate of drug-likeness (QED) is 0.454. The third-order valence-corrected chi connectivity index (χ3v) is 8.99. The average molecular weight is 512 g/mol. The molecule has 32 heavy (non-hydrogen) atoms. The molecule has 3 fully saturated rings. The molecule has 7 rings (SSSR count). The predicted molar refractivity (Wildman–Crippen MR) is 125 cm³/mol. The Bertz CT molecular complexity index is 1210. The van der Waals surface area contributed by atoms with Crippen LogP contribution in [-0.2, 0) is 9.59 Å². The topological polar surface area (TPSA) is 66.5 Å². The van der Waals surface area contributed by atoms with E-state index >= 15 is 0 Å². The van der Waals surface area contributed by atoms with E-state index in [1.165, 1.54) is 4.90 Å². The Morgan fingerprint density at radius 2 is 1.72 bits per heavy atom. The molecule has 5 aliphatic rings. The molecule has 0 unspecified atom stereocenters. The van der Waals surface area contributed by atoms with Gasteiger partial charge in [0.2, 0.25) is 11.8 Å². The predicted octanol–water partition coefficient (Wildman–Crippen LogP) is 5.22. The molecule has 2 aromatic carbocycles. The summed E-state index contributed by atoms with van der Waals surface area (Å²) >= 11 is 9.65. The number of amides is 3. The highest BCUT2D eigenvalue weighted by atomic mass is 79.9. The van der Waals surface area contributed by atoms with Gasteiger partial charge in [0.25, 0.3) is 5.91 Å². The van der Waals surface area contributed by atoms with E-state index in [1.807, 2.05) is 6.92 Å². The number of hydrogen-bond donors (Lipinski definition) is 1. The van der Waals surface area contributed by atoms with Crippen LogP contribution in [0.2, 0.25) is 5.02 Å². The van der Waals surface area contributed by atoms with Crippen molar-refractivity contribution in [2.45, 2.75) is 13.3 Å². The maximum absolute atomic E-state index is 13.3. The van der Waals surface area contributed by atoms with E-state index in [4.69, 9.17) is 11.6 Å². The third-order valence-electron chi connectivity index (χ3n) is 7.62. The molecule has 2 aromatic rings. The second-order valence-corrected chi connectivity index (χ2v) is 10.4. The van der Waals surface area contributed by atoms with Gasteiger partial charge in [-0.05, 0) is 88.8 Å². The first kappa shape index (κ1) is 20.2. The minimum atomic E-state index is -0.326. The van der Waals surface area contributed by atoms with Gasteiger partial charge in [0.1, 0.15) is 0 Å². The number of benzene rings is 2. The zero-order valence-electron chi connectivity index (χ0n) is 17.2. The summed E-state index contributed by atoms with van der Waals surface area (Å²) in [6, 6.07) is 10.3. The van der Waals surface area contributed by atoms with E-state index in [9.17, 15) is 14.4 Å². The highest BCUT2D eigenvalue weighted by Gasteiger charge is 2.67.